The smallest absolute Gasteiger partial charge is 0.316 e. The van der Waals surface area contributed by atoms with Crippen molar-refractivity contribution in [1.29, 1.82) is 0 Å². The van der Waals surface area contributed by atoms with Crippen molar-refractivity contribution in [3.8, 4) is 0 Å². The highest BCUT2D eigenvalue weighted by molar-refractivity contribution is 5.85. The number of furan rings is 1. The SMILES string of the molecule is COC(=O)[C@@]12C=C[C@H](O)[C@@H]3[C@@](C)(CCc4ccoc4)[C@H](C)CC[C@]31C2. The molecule has 4 heteroatoms. The quantitative estimate of drug-likeness (QED) is 0.668. The molecule has 2 fully saturated rings. The second-order valence-corrected chi connectivity index (χ2v) is 8.70. The largest absolute Gasteiger partial charge is 0.472 e. The molecule has 1 aromatic rings. The van der Waals surface area contributed by atoms with E-state index in [0.717, 1.165) is 32.1 Å². The first kappa shape index (κ1) is 16.9. The predicted molar refractivity (Wildman–Crippen MR) is 93.7 cm³/mol. The molecular formula is C21H28O4. The molecule has 0 unspecified atom stereocenters. The molecule has 6 atom stereocenters. The molecule has 1 spiro atoms. The molecule has 0 aromatic carbocycles. The molecule has 0 bridgehead atoms. The minimum Gasteiger partial charge on any atom is -0.472 e. The molecule has 0 saturated heterocycles. The molecule has 3 aliphatic carbocycles. The Morgan fingerprint density at radius 1 is 1.48 bits per heavy atom. The highest BCUT2D eigenvalue weighted by Crippen LogP contribution is 2.79. The van der Waals surface area contributed by atoms with E-state index >= 15 is 0 Å². The number of aliphatic hydroxyl groups excluding tert-OH is 1. The lowest BCUT2D eigenvalue weighted by atomic mass is 9.50. The summed E-state index contributed by atoms with van der Waals surface area (Å²) in [7, 11) is 1.47. The minimum absolute atomic E-state index is 0.0184. The van der Waals surface area contributed by atoms with Crippen LogP contribution in [0.5, 0.6) is 0 Å². The van der Waals surface area contributed by atoms with Crippen LogP contribution in [0.4, 0.5) is 0 Å². The van der Waals surface area contributed by atoms with Crippen LogP contribution in [0.2, 0.25) is 0 Å². The van der Waals surface area contributed by atoms with Crippen molar-refractivity contribution in [2.75, 3.05) is 7.11 Å². The molecule has 0 aliphatic heterocycles. The van der Waals surface area contributed by atoms with Gasteiger partial charge in [0.25, 0.3) is 0 Å². The van der Waals surface area contributed by atoms with Gasteiger partial charge in [-0.15, -0.1) is 0 Å². The van der Waals surface area contributed by atoms with Crippen LogP contribution >= 0.6 is 0 Å². The Morgan fingerprint density at radius 2 is 2.28 bits per heavy atom. The zero-order valence-electron chi connectivity index (χ0n) is 15.3. The Hall–Kier alpha value is -1.55. The third kappa shape index (κ3) is 2.13. The third-order valence-electron chi connectivity index (χ3n) is 7.81. The fourth-order valence-corrected chi connectivity index (χ4v) is 6.14. The lowest BCUT2D eigenvalue weighted by Crippen LogP contribution is -2.53. The summed E-state index contributed by atoms with van der Waals surface area (Å²) in [5.41, 5.74) is 0.535. The summed E-state index contributed by atoms with van der Waals surface area (Å²) in [6, 6.07) is 2.01. The van der Waals surface area contributed by atoms with Crippen molar-refractivity contribution < 1.29 is 19.1 Å². The maximum atomic E-state index is 12.6. The Balaban J connectivity index is 1.68. The van der Waals surface area contributed by atoms with E-state index in [2.05, 4.69) is 13.8 Å². The third-order valence-corrected chi connectivity index (χ3v) is 7.81. The van der Waals surface area contributed by atoms with Gasteiger partial charge < -0.3 is 14.3 Å². The van der Waals surface area contributed by atoms with Crippen LogP contribution in [0.25, 0.3) is 0 Å². The Kier molecular flexibility index (Phi) is 3.70. The Bertz CT molecular complexity index is 693. The van der Waals surface area contributed by atoms with Gasteiger partial charge in [-0.05, 0) is 60.5 Å². The van der Waals surface area contributed by atoms with E-state index in [9.17, 15) is 9.90 Å². The number of methoxy groups -OCH3 is 1. The van der Waals surface area contributed by atoms with Crippen LogP contribution in [0.3, 0.4) is 0 Å². The van der Waals surface area contributed by atoms with E-state index in [4.69, 9.17) is 9.15 Å². The number of hydrogen-bond acceptors (Lipinski definition) is 4. The molecule has 4 nitrogen and oxygen atoms in total. The van der Waals surface area contributed by atoms with Crippen molar-refractivity contribution in [3.05, 3.63) is 36.3 Å². The van der Waals surface area contributed by atoms with Gasteiger partial charge in [0.15, 0.2) is 0 Å². The number of carbonyl (C=O) groups is 1. The van der Waals surface area contributed by atoms with Crippen molar-refractivity contribution in [2.45, 2.75) is 52.1 Å². The summed E-state index contributed by atoms with van der Waals surface area (Å²) in [6.45, 7) is 4.61. The molecule has 0 amide bonds. The number of esters is 1. The fraction of sp³-hybridized carbons (Fsp3) is 0.667. The number of aryl methyl sites for hydroxylation is 1. The number of hydrogen-bond donors (Lipinski definition) is 1. The van der Waals surface area contributed by atoms with E-state index in [0.29, 0.717) is 5.92 Å². The average Bonchev–Trinajstić information content (AvgIpc) is 2.98. The van der Waals surface area contributed by atoms with Crippen molar-refractivity contribution in [1.82, 2.24) is 0 Å². The number of aliphatic hydroxyl groups is 1. The first-order valence-corrected chi connectivity index (χ1v) is 9.36. The van der Waals surface area contributed by atoms with Gasteiger partial charge in [-0.2, -0.15) is 0 Å². The maximum absolute atomic E-state index is 12.6. The van der Waals surface area contributed by atoms with Gasteiger partial charge in [0.05, 0.1) is 31.2 Å². The van der Waals surface area contributed by atoms with Gasteiger partial charge in [-0.1, -0.05) is 26.0 Å². The summed E-state index contributed by atoms with van der Waals surface area (Å²) in [4.78, 5) is 12.6. The Morgan fingerprint density at radius 3 is 2.96 bits per heavy atom. The Labute approximate surface area is 149 Å². The molecule has 1 aromatic heterocycles. The highest BCUT2D eigenvalue weighted by atomic mass is 16.5. The van der Waals surface area contributed by atoms with Crippen molar-refractivity contribution in [2.24, 2.45) is 28.1 Å². The predicted octanol–water partition coefficient (Wildman–Crippen LogP) is 3.74. The summed E-state index contributed by atoms with van der Waals surface area (Å²) in [6.07, 6.45) is 11.6. The molecule has 136 valence electrons. The molecule has 4 rings (SSSR count). The molecular weight excluding hydrogens is 316 g/mol. The van der Waals surface area contributed by atoms with E-state index in [1.165, 1.54) is 12.7 Å². The molecule has 1 N–H and O–H groups in total. The lowest BCUT2D eigenvalue weighted by Gasteiger charge is -2.55. The molecule has 0 radical (unpaired) electrons. The summed E-state index contributed by atoms with van der Waals surface area (Å²) >= 11 is 0. The zero-order chi connectivity index (χ0) is 17.9. The highest BCUT2D eigenvalue weighted by Gasteiger charge is 2.79. The van der Waals surface area contributed by atoms with Gasteiger partial charge >= 0.3 is 5.97 Å². The summed E-state index contributed by atoms with van der Waals surface area (Å²) in [5, 5.41) is 10.9. The van der Waals surface area contributed by atoms with Crippen molar-refractivity contribution >= 4 is 5.97 Å². The van der Waals surface area contributed by atoms with E-state index in [1.807, 2.05) is 18.2 Å². The molecule has 3 aliphatic rings. The average molecular weight is 344 g/mol. The monoisotopic (exact) mass is 344 g/mol. The molecule has 2 saturated carbocycles. The standard InChI is InChI=1S/C21H28O4/c1-14-4-9-20-13-21(20,18(23)24-3)10-6-16(22)17(20)19(14,2)8-5-15-7-11-25-12-15/h6-7,10-12,14,16-17,22H,4-5,8-9,13H2,1-3H3/t14-,16+,17-,19+,20+,21+/m1/s1. The van der Waals surface area contributed by atoms with Crippen LogP contribution in [-0.2, 0) is 16.0 Å². The van der Waals surface area contributed by atoms with Crippen LogP contribution in [-0.4, -0.2) is 24.3 Å². The maximum Gasteiger partial charge on any atom is 0.316 e. The molecule has 25 heavy (non-hydrogen) atoms. The van der Waals surface area contributed by atoms with Crippen LogP contribution in [0.1, 0.15) is 45.1 Å². The summed E-state index contributed by atoms with van der Waals surface area (Å²) in [5.74, 6) is 0.472. The van der Waals surface area contributed by atoms with E-state index in [-0.39, 0.29) is 22.7 Å². The minimum atomic E-state index is -0.511. The normalized spacial score (nSPS) is 44.7. The fourth-order valence-electron chi connectivity index (χ4n) is 6.14. The topological polar surface area (TPSA) is 59.7 Å². The van der Waals surface area contributed by atoms with Crippen LogP contribution in [0.15, 0.2) is 35.2 Å². The van der Waals surface area contributed by atoms with Gasteiger partial charge in [0, 0.05) is 5.92 Å². The lowest BCUT2D eigenvalue weighted by molar-refractivity contribution is -0.152. The first-order valence-electron chi connectivity index (χ1n) is 9.36. The number of ether oxygens (including phenoxy) is 1. The van der Waals surface area contributed by atoms with E-state index < -0.39 is 11.5 Å². The second-order valence-electron chi connectivity index (χ2n) is 8.70. The zero-order valence-corrected chi connectivity index (χ0v) is 15.3. The van der Waals surface area contributed by atoms with Gasteiger partial charge in [-0.25, -0.2) is 0 Å². The van der Waals surface area contributed by atoms with Crippen LogP contribution < -0.4 is 0 Å². The van der Waals surface area contributed by atoms with Crippen molar-refractivity contribution in [3.63, 3.8) is 0 Å². The summed E-state index contributed by atoms with van der Waals surface area (Å²) < 4.78 is 10.4. The van der Waals surface area contributed by atoms with Crippen LogP contribution in [0, 0.1) is 28.1 Å². The number of rotatable bonds is 4. The van der Waals surface area contributed by atoms with E-state index in [1.54, 1.807) is 12.5 Å². The van der Waals surface area contributed by atoms with Gasteiger partial charge in [-0.3, -0.25) is 4.79 Å². The van der Waals surface area contributed by atoms with Gasteiger partial charge in [0.2, 0.25) is 0 Å². The first-order chi connectivity index (χ1) is 11.9. The number of carbonyl (C=O) groups excluding carboxylic acids is 1. The second kappa shape index (κ2) is 5.47. The van der Waals surface area contributed by atoms with Gasteiger partial charge in [0.1, 0.15) is 0 Å². The molecule has 1 heterocycles.